The fourth-order valence-corrected chi connectivity index (χ4v) is 1.65. The largest absolute Gasteiger partial charge is 0.386 e. The molecule has 6 heteroatoms. The second kappa shape index (κ2) is 5.29. The van der Waals surface area contributed by atoms with Crippen molar-refractivity contribution in [3.8, 4) is 0 Å². The molecule has 2 N–H and O–H groups in total. The third kappa shape index (κ3) is 3.28. The van der Waals surface area contributed by atoms with E-state index in [2.05, 4.69) is 31.3 Å². The molecule has 0 bridgehead atoms. The van der Waals surface area contributed by atoms with E-state index in [1.807, 2.05) is 19.2 Å². The molecule has 5 nitrogen and oxygen atoms in total. The van der Waals surface area contributed by atoms with Gasteiger partial charge >= 0.3 is 0 Å². The number of pyridine rings is 1. The van der Waals surface area contributed by atoms with E-state index in [0.717, 1.165) is 15.9 Å². The van der Waals surface area contributed by atoms with Crippen molar-refractivity contribution < 1.29 is 5.11 Å². The molecular weight excluding hydrogens is 284 g/mol. The third-order valence-electron chi connectivity index (χ3n) is 2.31. The van der Waals surface area contributed by atoms with Gasteiger partial charge in [0.1, 0.15) is 5.82 Å². The van der Waals surface area contributed by atoms with Crippen molar-refractivity contribution in [1.82, 2.24) is 14.8 Å². The van der Waals surface area contributed by atoms with Crippen molar-refractivity contribution in [3.05, 3.63) is 40.8 Å². The molecule has 0 saturated heterocycles. The minimum atomic E-state index is -0.589. The van der Waals surface area contributed by atoms with Crippen molar-refractivity contribution in [2.24, 2.45) is 7.05 Å². The molecule has 90 valence electrons. The first-order chi connectivity index (χ1) is 8.15. The van der Waals surface area contributed by atoms with E-state index in [-0.39, 0.29) is 0 Å². The van der Waals surface area contributed by atoms with Gasteiger partial charge in [-0.25, -0.2) is 4.98 Å². The maximum absolute atomic E-state index is 9.90. The lowest BCUT2D eigenvalue weighted by Gasteiger charge is -2.10. The fraction of sp³-hybridized carbons (Fsp3) is 0.273. The monoisotopic (exact) mass is 296 g/mol. The molecule has 1 atom stereocenters. The summed E-state index contributed by atoms with van der Waals surface area (Å²) in [6.07, 6.45) is 4.57. The van der Waals surface area contributed by atoms with Crippen molar-refractivity contribution in [2.75, 3.05) is 11.9 Å². The topological polar surface area (TPSA) is 63.0 Å². The van der Waals surface area contributed by atoms with E-state index in [1.54, 1.807) is 23.3 Å². The van der Waals surface area contributed by atoms with Gasteiger partial charge in [0, 0.05) is 36.0 Å². The van der Waals surface area contributed by atoms with E-state index >= 15 is 0 Å². The normalized spacial score (nSPS) is 12.4. The first-order valence-electron chi connectivity index (χ1n) is 5.17. The maximum Gasteiger partial charge on any atom is 0.126 e. The van der Waals surface area contributed by atoms with E-state index < -0.39 is 6.10 Å². The van der Waals surface area contributed by atoms with Gasteiger partial charge in [-0.2, -0.15) is 5.10 Å². The summed E-state index contributed by atoms with van der Waals surface area (Å²) in [6, 6.07) is 3.74. The van der Waals surface area contributed by atoms with Crippen LogP contribution >= 0.6 is 15.9 Å². The predicted molar refractivity (Wildman–Crippen MR) is 68.6 cm³/mol. The molecule has 0 aliphatic rings. The van der Waals surface area contributed by atoms with E-state index in [0.29, 0.717) is 6.54 Å². The summed E-state index contributed by atoms with van der Waals surface area (Å²) < 4.78 is 2.59. The number of aliphatic hydroxyl groups excluding tert-OH is 1. The second-order valence-electron chi connectivity index (χ2n) is 3.71. The van der Waals surface area contributed by atoms with E-state index in [1.165, 1.54) is 0 Å². The smallest absolute Gasteiger partial charge is 0.126 e. The summed E-state index contributed by atoms with van der Waals surface area (Å²) >= 11 is 3.31. The van der Waals surface area contributed by atoms with Gasteiger partial charge in [-0.3, -0.25) is 4.68 Å². The highest BCUT2D eigenvalue weighted by molar-refractivity contribution is 9.10. The van der Waals surface area contributed by atoms with Gasteiger partial charge < -0.3 is 10.4 Å². The highest BCUT2D eigenvalue weighted by Crippen LogP contribution is 2.14. The van der Waals surface area contributed by atoms with Gasteiger partial charge in [0.15, 0.2) is 0 Å². The Labute approximate surface area is 108 Å². The summed E-state index contributed by atoms with van der Waals surface area (Å²) in [5.74, 6) is 0.733. The Kier molecular flexibility index (Phi) is 3.75. The molecular formula is C11H13BrN4O. The van der Waals surface area contributed by atoms with E-state index in [4.69, 9.17) is 0 Å². The van der Waals surface area contributed by atoms with Crippen LogP contribution in [0.4, 0.5) is 5.82 Å². The van der Waals surface area contributed by atoms with Crippen LogP contribution in [-0.4, -0.2) is 26.4 Å². The molecule has 0 amide bonds. The van der Waals surface area contributed by atoms with Crippen LogP contribution in [0.15, 0.2) is 35.2 Å². The molecule has 1 unspecified atom stereocenters. The van der Waals surface area contributed by atoms with Gasteiger partial charge in [-0.15, -0.1) is 0 Å². The Morgan fingerprint density at radius 2 is 2.29 bits per heavy atom. The standard InChI is InChI=1S/C11H13BrN4O/c1-16-7-8(4-15-16)10(17)6-14-11-3-2-9(12)5-13-11/h2-5,7,10,17H,6H2,1H3,(H,13,14). The molecule has 2 aromatic rings. The van der Waals surface area contributed by atoms with Gasteiger partial charge in [0.25, 0.3) is 0 Å². The number of anilines is 1. The van der Waals surface area contributed by atoms with Crippen LogP contribution < -0.4 is 5.32 Å². The second-order valence-corrected chi connectivity index (χ2v) is 4.62. The Morgan fingerprint density at radius 1 is 1.47 bits per heavy atom. The highest BCUT2D eigenvalue weighted by atomic mass is 79.9. The minimum absolute atomic E-state index is 0.403. The minimum Gasteiger partial charge on any atom is -0.386 e. The van der Waals surface area contributed by atoms with Gasteiger partial charge in [0.05, 0.1) is 12.3 Å². The molecule has 0 aromatic carbocycles. The number of aryl methyl sites for hydroxylation is 1. The van der Waals surface area contributed by atoms with Crippen LogP contribution in [0.3, 0.4) is 0 Å². The summed E-state index contributed by atoms with van der Waals surface area (Å²) in [5, 5.41) is 17.0. The van der Waals surface area contributed by atoms with Crippen molar-refractivity contribution in [3.63, 3.8) is 0 Å². The Hall–Kier alpha value is -1.40. The lowest BCUT2D eigenvalue weighted by Crippen LogP contribution is -2.12. The Morgan fingerprint density at radius 3 is 2.88 bits per heavy atom. The Bertz CT molecular complexity index is 482. The number of nitrogens with one attached hydrogen (secondary N) is 1. The van der Waals surface area contributed by atoms with Crippen LogP contribution in [0.25, 0.3) is 0 Å². The molecule has 0 radical (unpaired) electrons. The van der Waals surface area contributed by atoms with Gasteiger partial charge in [-0.05, 0) is 28.1 Å². The number of hydrogen-bond acceptors (Lipinski definition) is 4. The average Bonchev–Trinajstić information content (AvgIpc) is 2.75. The maximum atomic E-state index is 9.90. The SMILES string of the molecule is Cn1cc(C(O)CNc2ccc(Br)cn2)cn1. The van der Waals surface area contributed by atoms with Crippen molar-refractivity contribution in [2.45, 2.75) is 6.10 Å². The average molecular weight is 297 g/mol. The summed E-state index contributed by atoms with van der Waals surface area (Å²) in [4.78, 5) is 4.16. The van der Waals surface area contributed by atoms with Gasteiger partial charge in [0.2, 0.25) is 0 Å². The lowest BCUT2D eigenvalue weighted by atomic mass is 10.2. The lowest BCUT2D eigenvalue weighted by molar-refractivity contribution is 0.191. The highest BCUT2D eigenvalue weighted by Gasteiger charge is 2.09. The number of hydrogen-bond donors (Lipinski definition) is 2. The van der Waals surface area contributed by atoms with Crippen LogP contribution in [0.5, 0.6) is 0 Å². The van der Waals surface area contributed by atoms with Gasteiger partial charge in [-0.1, -0.05) is 0 Å². The molecule has 2 rings (SSSR count). The first-order valence-corrected chi connectivity index (χ1v) is 5.96. The zero-order valence-corrected chi connectivity index (χ0v) is 10.9. The fourth-order valence-electron chi connectivity index (χ4n) is 1.41. The van der Waals surface area contributed by atoms with Crippen LogP contribution in [0.1, 0.15) is 11.7 Å². The molecule has 0 fully saturated rings. The molecule has 2 heterocycles. The molecule has 0 saturated carbocycles. The van der Waals surface area contributed by atoms with Crippen LogP contribution in [-0.2, 0) is 7.05 Å². The summed E-state index contributed by atoms with van der Waals surface area (Å²) in [6.45, 7) is 0.403. The zero-order valence-electron chi connectivity index (χ0n) is 9.34. The first kappa shape index (κ1) is 12.1. The molecule has 0 aliphatic carbocycles. The number of aromatic nitrogens is 3. The Balaban J connectivity index is 1.92. The zero-order chi connectivity index (χ0) is 12.3. The van der Waals surface area contributed by atoms with Crippen LogP contribution in [0, 0.1) is 0 Å². The molecule has 17 heavy (non-hydrogen) atoms. The molecule has 2 aromatic heterocycles. The predicted octanol–water partition coefficient (Wildman–Crippen LogP) is 1.72. The number of rotatable bonds is 4. The molecule has 0 spiro atoms. The van der Waals surface area contributed by atoms with Crippen molar-refractivity contribution >= 4 is 21.7 Å². The molecule has 0 aliphatic heterocycles. The number of aliphatic hydroxyl groups is 1. The quantitative estimate of drug-likeness (QED) is 0.902. The summed E-state index contributed by atoms with van der Waals surface area (Å²) in [5.41, 5.74) is 0.789. The number of nitrogens with zero attached hydrogens (tertiary/aromatic N) is 3. The summed E-state index contributed by atoms with van der Waals surface area (Å²) in [7, 11) is 1.82. The van der Waals surface area contributed by atoms with Crippen LogP contribution in [0.2, 0.25) is 0 Å². The van der Waals surface area contributed by atoms with E-state index in [9.17, 15) is 5.11 Å². The van der Waals surface area contributed by atoms with Crippen molar-refractivity contribution in [1.29, 1.82) is 0 Å². The number of halogens is 1. The third-order valence-corrected chi connectivity index (χ3v) is 2.78.